The van der Waals surface area contributed by atoms with Gasteiger partial charge in [-0.1, -0.05) is 12.1 Å². The van der Waals surface area contributed by atoms with Crippen molar-refractivity contribution in [3.05, 3.63) is 64.0 Å². The Labute approximate surface area is 191 Å². The summed E-state index contributed by atoms with van der Waals surface area (Å²) < 4.78 is 16.1. The van der Waals surface area contributed by atoms with Crippen LogP contribution >= 0.6 is 0 Å². The predicted molar refractivity (Wildman–Crippen MR) is 120 cm³/mol. The number of nitro groups is 1. The maximum absolute atomic E-state index is 12.9. The fourth-order valence-corrected chi connectivity index (χ4v) is 3.18. The predicted octanol–water partition coefficient (Wildman–Crippen LogP) is 4.17. The first-order valence-electron chi connectivity index (χ1n) is 10.5. The van der Waals surface area contributed by atoms with E-state index in [1.165, 1.54) is 18.2 Å². The number of nitrogens with zero attached hydrogens (tertiary/aromatic N) is 4. The molecule has 2 aromatic carbocycles. The number of aromatic nitrogens is 2. The van der Waals surface area contributed by atoms with Crippen molar-refractivity contribution in [1.29, 1.82) is 0 Å². The molecule has 1 aromatic heterocycles. The third kappa shape index (κ3) is 5.85. The minimum absolute atomic E-state index is 0.000957. The molecular formula is C23H26N4O6. The molecule has 0 fully saturated rings. The van der Waals surface area contributed by atoms with Gasteiger partial charge in [-0.2, -0.15) is 4.98 Å². The third-order valence-electron chi connectivity index (χ3n) is 5.29. The van der Waals surface area contributed by atoms with E-state index >= 15 is 0 Å². The van der Waals surface area contributed by atoms with Crippen LogP contribution in [0.5, 0.6) is 11.5 Å². The lowest BCUT2D eigenvalue weighted by Crippen LogP contribution is -2.40. The zero-order chi connectivity index (χ0) is 24.0. The van der Waals surface area contributed by atoms with Gasteiger partial charge in [0, 0.05) is 23.2 Å². The molecule has 0 aliphatic rings. The van der Waals surface area contributed by atoms with Gasteiger partial charge in [-0.25, -0.2) is 0 Å². The third-order valence-corrected chi connectivity index (χ3v) is 5.29. The van der Waals surface area contributed by atoms with E-state index in [0.717, 1.165) is 17.7 Å². The summed E-state index contributed by atoms with van der Waals surface area (Å²) in [5.74, 6) is 1.57. The molecule has 1 heterocycles. The molecule has 0 aliphatic carbocycles. The molecule has 174 valence electrons. The molecular weight excluding hydrogens is 428 g/mol. The zero-order valence-corrected chi connectivity index (χ0v) is 19.0. The van der Waals surface area contributed by atoms with Gasteiger partial charge in [-0.05, 0) is 56.7 Å². The second-order valence-corrected chi connectivity index (χ2v) is 7.51. The smallest absolute Gasteiger partial charge is 0.272 e. The summed E-state index contributed by atoms with van der Waals surface area (Å²) in [4.78, 5) is 29.5. The van der Waals surface area contributed by atoms with Crippen LogP contribution in [0.15, 0.2) is 47.0 Å². The molecule has 3 rings (SSSR count). The Morgan fingerprint density at radius 3 is 2.52 bits per heavy atom. The minimum atomic E-state index is -0.459. The molecule has 0 saturated carbocycles. The Kier molecular flexibility index (Phi) is 7.60. The average molecular weight is 454 g/mol. The minimum Gasteiger partial charge on any atom is -0.497 e. The topological polar surface area (TPSA) is 121 Å². The highest BCUT2D eigenvalue weighted by molar-refractivity contribution is 5.78. The number of nitro benzene ring substituents is 1. The first-order chi connectivity index (χ1) is 15.8. The maximum atomic E-state index is 12.9. The van der Waals surface area contributed by atoms with Crippen LogP contribution in [0.2, 0.25) is 0 Å². The van der Waals surface area contributed by atoms with Gasteiger partial charge in [-0.3, -0.25) is 14.9 Å². The average Bonchev–Trinajstić information content (AvgIpc) is 3.29. The molecule has 0 bridgehead atoms. The standard InChI is InChI=1S/C23H26N4O6/c1-5-16(3)26(22(28)14-32-19-10-11-20(27(29)30)15(2)12-19)13-21-24-23(25-33-21)17-6-8-18(31-4)9-7-17/h6-12,16H,5,13-14H2,1-4H3/t16-/m0/s1. The van der Waals surface area contributed by atoms with Crippen LogP contribution in [-0.2, 0) is 11.3 Å². The summed E-state index contributed by atoms with van der Waals surface area (Å²) in [5, 5.41) is 15.0. The molecule has 0 radical (unpaired) electrons. The molecule has 10 heteroatoms. The lowest BCUT2D eigenvalue weighted by Gasteiger charge is -2.27. The Morgan fingerprint density at radius 1 is 1.21 bits per heavy atom. The number of aryl methyl sites for hydroxylation is 1. The number of hydrogen-bond donors (Lipinski definition) is 0. The number of amides is 1. The highest BCUT2D eigenvalue weighted by atomic mass is 16.6. The molecule has 10 nitrogen and oxygen atoms in total. The quantitative estimate of drug-likeness (QED) is 0.331. The molecule has 1 amide bonds. The van der Waals surface area contributed by atoms with Crippen LogP contribution < -0.4 is 9.47 Å². The number of carbonyl (C=O) groups is 1. The summed E-state index contributed by atoms with van der Waals surface area (Å²) in [7, 11) is 1.59. The van der Waals surface area contributed by atoms with Gasteiger partial charge in [0.15, 0.2) is 6.61 Å². The molecule has 0 aliphatic heterocycles. The highest BCUT2D eigenvalue weighted by Gasteiger charge is 2.23. The van der Waals surface area contributed by atoms with Crippen molar-refractivity contribution in [3.63, 3.8) is 0 Å². The van der Waals surface area contributed by atoms with Crippen LogP contribution in [0.1, 0.15) is 31.7 Å². The molecule has 0 spiro atoms. The number of benzene rings is 2. The van der Waals surface area contributed by atoms with Gasteiger partial charge >= 0.3 is 0 Å². The summed E-state index contributed by atoms with van der Waals surface area (Å²) in [6.45, 7) is 5.44. The van der Waals surface area contributed by atoms with E-state index in [0.29, 0.717) is 23.0 Å². The second kappa shape index (κ2) is 10.6. The lowest BCUT2D eigenvalue weighted by atomic mass is 10.2. The van der Waals surface area contributed by atoms with Gasteiger partial charge in [0.25, 0.3) is 11.6 Å². The number of carbonyl (C=O) groups excluding carboxylic acids is 1. The monoisotopic (exact) mass is 454 g/mol. The van der Waals surface area contributed by atoms with Crippen molar-refractivity contribution in [2.24, 2.45) is 0 Å². The summed E-state index contributed by atoms with van der Waals surface area (Å²) in [5.41, 5.74) is 1.23. The second-order valence-electron chi connectivity index (χ2n) is 7.51. The van der Waals surface area contributed by atoms with Crippen molar-refractivity contribution in [2.45, 2.75) is 39.8 Å². The van der Waals surface area contributed by atoms with Crippen molar-refractivity contribution in [1.82, 2.24) is 15.0 Å². The number of rotatable bonds is 10. The fourth-order valence-electron chi connectivity index (χ4n) is 3.18. The van der Waals surface area contributed by atoms with Crippen molar-refractivity contribution in [2.75, 3.05) is 13.7 Å². The maximum Gasteiger partial charge on any atom is 0.272 e. The number of ether oxygens (including phenoxy) is 2. The summed E-state index contributed by atoms with van der Waals surface area (Å²) in [6.07, 6.45) is 0.724. The van der Waals surface area contributed by atoms with E-state index in [-0.39, 0.29) is 30.8 Å². The Morgan fingerprint density at radius 2 is 1.91 bits per heavy atom. The number of methoxy groups -OCH3 is 1. The van der Waals surface area contributed by atoms with E-state index in [1.807, 2.05) is 26.0 Å². The molecule has 1 atom stereocenters. The van der Waals surface area contributed by atoms with Gasteiger partial charge < -0.3 is 18.9 Å². The Hall–Kier alpha value is -3.95. The molecule has 3 aromatic rings. The zero-order valence-electron chi connectivity index (χ0n) is 19.0. The van der Waals surface area contributed by atoms with Crippen LogP contribution in [-0.4, -0.2) is 45.6 Å². The largest absolute Gasteiger partial charge is 0.497 e. The van der Waals surface area contributed by atoms with Crippen LogP contribution in [0.25, 0.3) is 11.4 Å². The summed E-state index contributed by atoms with van der Waals surface area (Å²) in [6, 6.07) is 11.5. The highest BCUT2D eigenvalue weighted by Crippen LogP contribution is 2.24. The SMILES string of the molecule is CC[C@H](C)N(Cc1nc(-c2ccc(OC)cc2)no1)C(=O)COc1ccc([N+](=O)[O-])c(C)c1. The van der Waals surface area contributed by atoms with E-state index in [4.69, 9.17) is 14.0 Å². The molecule has 0 N–H and O–H groups in total. The van der Waals surface area contributed by atoms with E-state index in [9.17, 15) is 14.9 Å². The van der Waals surface area contributed by atoms with Gasteiger partial charge in [0.2, 0.25) is 11.7 Å². The fraction of sp³-hybridized carbons (Fsp3) is 0.348. The van der Waals surface area contributed by atoms with E-state index in [2.05, 4.69) is 10.1 Å². The first-order valence-corrected chi connectivity index (χ1v) is 10.5. The molecule has 0 unspecified atom stereocenters. The first kappa shape index (κ1) is 23.7. The van der Waals surface area contributed by atoms with Crippen molar-refractivity contribution >= 4 is 11.6 Å². The van der Waals surface area contributed by atoms with Gasteiger partial charge in [0.05, 0.1) is 12.0 Å². The van der Waals surface area contributed by atoms with Crippen LogP contribution in [0.3, 0.4) is 0 Å². The van der Waals surface area contributed by atoms with Crippen LogP contribution in [0.4, 0.5) is 5.69 Å². The molecule has 0 saturated heterocycles. The van der Waals surface area contributed by atoms with Crippen molar-refractivity contribution < 1.29 is 23.7 Å². The molecule has 33 heavy (non-hydrogen) atoms. The van der Waals surface area contributed by atoms with Gasteiger partial charge in [-0.15, -0.1) is 0 Å². The summed E-state index contributed by atoms with van der Waals surface area (Å²) >= 11 is 0. The van der Waals surface area contributed by atoms with Crippen LogP contribution in [0, 0.1) is 17.0 Å². The normalized spacial score (nSPS) is 11.6. The van der Waals surface area contributed by atoms with Gasteiger partial charge in [0.1, 0.15) is 18.0 Å². The lowest BCUT2D eigenvalue weighted by molar-refractivity contribution is -0.385. The van der Waals surface area contributed by atoms with Crippen molar-refractivity contribution in [3.8, 4) is 22.9 Å². The van der Waals surface area contributed by atoms with E-state index in [1.54, 1.807) is 31.1 Å². The Balaban J connectivity index is 1.68. The number of hydrogen-bond acceptors (Lipinski definition) is 8. The van der Waals surface area contributed by atoms with E-state index < -0.39 is 4.92 Å². The Bertz CT molecular complexity index is 1110.